The summed E-state index contributed by atoms with van der Waals surface area (Å²) in [5.41, 5.74) is 2.28. The van der Waals surface area contributed by atoms with Crippen molar-refractivity contribution >= 4 is 33.3 Å². The molecule has 0 spiro atoms. The van der Waals surface area contributed by atoms with E-state index >= 15 is 0 Å². The van der Waals surface area contributed by atoms with Gasteiger partial charge in [-0.05, 0) is 51.4 Å². The highest BCUT2D eigenvalue weighted by Gasteiger charge is 2.27. The molecule has 0 radical (unpaired) electrons. The number of fused-ring (bicyclic) bond motifs is 1. The normalized spacial score (nSPS) is 14.6. The van der Waals surface area contributed by atoms with Crippen molar-refractivity contribution in [3.8, 4) is 5.75 Å². The summed E-state index contributed by atoms with van der Waals surface area (Å²) >= 11 is 1.72. The summed E-state index contributed by atoms with van der Waals surface area (Å²) in [7, 11) is 0. The summed E-state index contributed by atoms with van der Waals surface area (Å²) in [6.07, 6.45) is 3.30. The average Bonchev–Trinajstić information content (AvgIpc) is 3.19. The maximum atomic E-state index is 13.0. The second kappa shape index (κ2) is 11.8. The zero-order chi connectivity index (χ0) is 24.8. The maximum absolute atomic E-state index is 13.0. The number of hydrogen-bond acceptors (Lipinski definition) is 7. The number of nitrogens with one attached hydrogen (secondary N) is 1. The second-order valence-corrected chi connectivity index (χ2v) is 10.3. The Hall–Kier alpha value is -2.71. The summed E-state index contributed by atoms with van der Waals surface area (Å²) in [5.74, 6) is 2.00. The van der Waals surface area contributed by atoms with Gasteiger partial charge in [0.05, 0.1) is 5.39 Å². The van der Waals surface area contributed by atoms with Gasteiger partial charge in [0.2, 0.25) is 5.91 Å². The second-order valence-electron chi connectivity index (χ2n) is 9.12. The summed E-state index contributed by atoms with van der Waals surface area (Å²) < 4.78 is 6.05. The number of thiophene rings is 1. The molecule has 0 saturated carbocycles. The molecule has 188 valence electrons. The van der Waals surface area contributed by atoms with Gasteiger partial charge in [-0.1, -0.05) is 32.0 Å². The van der Waals surface area contributed by atoms with E-state index < -0.39 is 0 Å². The van der Waals surface area contributed by atoms with Crippen molar-refractivity contribution in [1.82, 2.24) is 20.2 Å². The summed E-state index contributed by atoms with van der Waals surface area (Å²) in [5, 5.41) is 4.32. The van der Waals surface area contributed by atoms with Gasteiger partial charge in [0, 0.05) is 42.5 Å². The third-order valence-electron chi connectivity index (χ3n) is 7.10. The van der Waals surface area contributed by atoms with E-state index in [2.05, 4.69) is 52.8 Å². The number of carbonyl (C=O) groups excluding carboxylic acids is 1. The van der Waals surface area contributed by atoms with Crippen molar-refractivity contribution < 1.29 is 9.53 Å². The van der Waals surface area contributed by atoms with Gasteiger partial charge in [0.15, 0.2) is 0 Å². The molecule has 4 rings (SSSR count). The number of para-hydroxylation sites is 1. The molecule has 1 fully saturated rings. The first-order valence-electron chi connectivity index (χ1n) is 12.7. The van der Waals surface area contributed by atoms with Crippen LogP contribution in [-0.4, -0.2) is 60.1 Å². The van der Waals surface area contributed by atoms with Crippen LogP contribution in [-0.2, 0) is 11.3 Å². The molecule has 3 aromatic rings. The summed E-state index contributed by atoms with van der Waals surface area (Å²) in [6, 6.07) is 7.99. The molecule has 35 heavy (non-hydrogen) atoms. The molecule has 1 aromatic carbocycles. The highest BCUT2D eigenvalue weighted by Crippen LogP contribution is 2.35. The highest BCUT2D eigenvalue weighted by molar-refractivity contribution is 7.18. The zero-order valence-electron chi connectivity index (χ0n) is 21.3. The SMILES string of the molecule is CCN(CC)CCOc1ccccc1CNC(=O)C1CCN(c2ncnc3sc(C)c(C)c23)CC1. The van der Waals surface area contributed by atoms with E-state index in [4.69, 9.17) is 4.74 Å². The third-order valence-corrected chi connectivity index (χ3v) is 8.21. The zero-order valence-corrected chi connectivity index (χ0v) is 22.2. The fraction of sp³-hybridized carbons (Fsp3) is 0.519. The van der Waals surface area contributed by atoms with Crippen molar-refractivity contribution in [2.75, 3.05) is 44.2 Å². The number of hydrogen-bond donors (Lipinski definition) is 1. The van der Waals surface area contributed by atoms with E-state index in [9.17, 15) is 4.79 Å². The van der Waals surface area contributed by atoms with Crippen LogP contribution in [0.1, 0.15) is 42.7 Å². The predicted molar refractivity (Wildman–Crippen MR) is 143 cm³/mol. The first-order valence-corrected chi connectivity index (χ1v) is 13.5. The van der Waals surface area contributed by atoms with Gasteiger partial charge in [-0.3, -0.25) is 4.79 Å². The lowest BCUT2D eigenvalue weighted by atomic mass is 9.95. The Kier molecular flexibility index (Phi) is 8.57. The molecule has 8 heteroatoms. The number of ether oxygens (including phenoxy) is 1. The van der Waals surface area contributed by atoms with Crippen LogP contribution in [0.5, 0.6) is 5.75 Å². The first-order chi connectivity index (χ1) is 17.0. The molecule has 0 aliphatic carbocycles. The Labute approximate surface area is 212 Å². The van der Waals surface area contributed by atoms with Crippen molar-refractivity contribution in [1.29, 1.82) is 0 Å². The number of anilines is 1. The number of nitrogens with zero attached hydrogens (tertiary/aromatic N) is 4. The number of rotatable bonds is 10. The highest BCUT2D eigenvalue weighted by atomic mass is 32.1. The topological polar surface area (TPSA) is 70.6 Å². The van der Waals surface area contributed by atoms with Crippen LogP contribution in [0, 0.1) is 19.8 Å². The van der Waals surface area contributed by atoms with Gasteiger partial charge in [0.25, 0.3) is 0 Å². The maximum Gasteiger partial charge on any atom is 0.223 e. The van der Waals surface area contributed by atoms with Crippen molar-refractivity contribution in [3.05, 3.63) is 46.6 Å². The number of likely N-dealkylation sites (N-methyl/N-ethyl adjacent to an activating group) is 1. The molecule has 0 atom stereocenters. The molecule has 2 aromatic heterocycles. The van der Waals surface area contributed by atoms with Gasteiger partial charge in [-0.25, -0.2) is 9.97 Å². The van der Waals surface area contributed by atoms with Crippen LogP contribution in [0.3, 0.4) is 0 Å². The molecule has 1 saturated heterocycles. The largest absolute Gasteiger partial charge is 0.492 e. The van der Waals surface area contributed by atoms with E-state index in [-0.39, 0.29) is 11.8 Å². The molecule has 1 aliphatic rings. The molecule has 1 N–H and O–H groups in total. The first kappa shape index (κ1) is 25.4. The van der Waals surface area contributed by atoms with Crippen LogP contribution in [0.25, 0.3) is 10.2 Å². The number of aromatic nitrogens is 2. The summed E-state index contributed by atoms with van der Waals surface area (Å²) in [4.78, 5) is 29.0. The minimum Gasteiger partial charge on any atom is -0.492 e. The van der Waals surface area contributed by atoms with Crippen molar-refractivity contribution in [3.63, 3.8) is 0 Å². The molecular formula is C27H37N5O2S. The minimum atomic E-state index is 0.0182. The van der Waals surface area contributed by atoms with E-state index in [1.165, 1.54) is 10.4 Å². The quantitative estimate of drug-likeness (QED) is 0.445. The van der Waals surface area contributed by atoms with E-state index in [0.717, 1.165) is 72.9 Å². The lowest BCUT2D eigenvalue weighted by Gasteiger charge is -2.32. The molecule has 1 amide bonds. The van der Waals surface area contributed by atoms with Crippen LogP contribution < -0.4 is 15.0 Å². The molecule has 1 aliphatic heterocycles. The van der Waals surface area contributed by atoms with Crippen molar-refractivity contribution in [2.45, 2.75) is 47.1 Å². The lowest BCUT2D eigenvalue weighted by molar-refractivity contribution is -0.125. The van der Waals surface area contributed by atoms with Gasteiger partial charge in [-0.2, -0.15) is 0 Å². The number of aryl methyl sites for hydroxylation is 2. The average molecular weight is 496 g/mol. The molecule has 0 bridgehead atoms. The fourth-order valence-electron chi connectivity index (χ4n) is 4.70. The molecular weight excluding hydrogens is 458 g/mol. The van der Waals surface area contributed by atoms with Crippen LogP contribution in [0.4, 0.5) is 5.82 Å². The van der Waals surface area contributed by atoms with E-state index in [1.807, 2.05) is 24.3 Å². The van der Waals surface area contributed by atoms with Crippen molar-refractivity contribution in [2.24, 2.45) is 5.92 Å². The predicted octanol–water partition coefficient (Wildman–Crippen LogP) is 4.56. The van der Waals surface area contributed by atoms with Gasteiger partial charge < -0.3 is 19.9 Å². The monoisotopic (exact) mass is 495 g/mol. The number of piperidine rings is 1. The Morgan fingerprint density at radius 1 is 1.17 bits per heavy atom. The van der Waals surface area contributed by atoms with E-state index in [0.29, 0.717) is 13.2 Å². The van der Waals surface area contributed by atoms with Crippen LogP contribution >= 0.6 is 11.3 Å². The smallest absolute Gasteiger partial charge is 0.223 e. The number of carbonyl (C=O) groups is 1. The van der Waals surface area contributed by atoms with Gasteiger partial charge in [0.1, 0.15) is 29.3 Å². The van der Waals surface area contributed by atoms with Crippen LogP contribution in [0.15, 0.2) is 30.6 Å². The number of amides is 1. The van der Waals surface area contributed by atoms with Crippen LogP contribution in [0.2, 0.25) is 0 Å². The van der Waals surface area contributed by atoms with E-state index in [1.54, 1.807) is 17.7 Å². The Morgan fingerprint density at radius 2 is 1.91 bits per heavy atom. The molecule has 7 nitrogen and oxygen atoms in total. The Balaban J connectivity index is 1.30. The van der Waals surface area contributed by atoms with Gasteiger partial charge >= 0.3 is 0 Å². The lowest BCUT2D eigenvalue weighted by Crippen LogP contribution is -2.40. The summed E-state index contributed by atoms with van der Waals surface area (Å²) in [6.45, 7) is 14.3. The standard InChI is InChI=1S/C27H37N5O2S/c1-5-31(6-2)15-16-34-23-10-8-7-9-22(23)17-28-26(33)21-11-13-32(14-12-21)25-24-19(3)20(4)35-27(24)30-18-29-25/h7-10,18,21H,5-6,11-17H2,1-4H3,(H,28,33). The molecule has 0 unspecified atom stereocenters. The third kappa shape index (κ3) is 5.93. The minimum absolute atomic E-state index is 0.0182. The fourth-order valence-corrected chi connectivity index (χ4v) is 5.69. The number of benzene rings is 1. The Morgan fingerprint density at radius 3 is 2.66 bits per heavy atom. The Bertz CT molecular complexity index is 1140. The van der Waals surface area contributed by atoms with Gasteiger partial charge in [-0.15, -0.1) is 11.3 Å². The molecule has 3 heterocycles.